The van der Waals surface area contributed by atoms with Gasteiger partial charge in [0.25, 0.3) is 10.0 Å². The van der Waals surface area contributed by atoms with E-state index in [1.54, 1.807) is 6.92 Å². The predicted octanol–water partition coefficient (Wildman–Crippen LogP) is 2.05. The van der Waals surface area contributed by atoms with E-state index in [2.05, 4.69) is 9.71 Å². The molecule has 5 nitrogen and oxygen atoms in total. The van der Waals surface area contributed by atoms with Crippen molar-refractivity contribution in [3.63, 3.8) is 0 Å². The number of aromatic nitrogens is 1. The summed E-state index contributed by atoms with van der Waals surface area (Å²) < 4.78 is 53.4. The number of hydrogen-bond acceptors (Lipinski definition) is 4. The SMILES string of the molecule is Cc1cc(NS(=O)(=O)c2c(F)cc(N)cc2F)ccn1. The summed E-state index contributed by atoms with van der Waals surface area (Å²) in [6.45, 7) is 1.65. The van der Waals surface area contributed by atoms with Gasteiger partial charge in [0.2, 0.25) is 0 Å². The van der Waals surface area contributed by atoms with Crippen LogP contribution in [0.3, 0.4) is 0 Å². The molecule has 2 aromatic rings. The molecule has 0 fully saturated rings. The quantitative estimate of drug-likeness (QED) is 0.849. The van der Waals surface area contributed by atoms with E-state index >= 15 is 0 Å². The summed E-state index contributed by atoms with van der Waals surface area (Å²) in [6.07, 6.45) is 1.38. The van der Waals surface area contributed by atoms with Gasteiger partial charge in [-0.3, -0.25) is 9.71 Å². The smallest absolute Gasteiger partial charge is 0.267 e. The average Bonchev–Trinajstić information content (AvgIpc) is 2.25. The highest BCUT2D eigenvalue weighted by molar-refractivity contribution is 7.92. The molecule has 3 N–H and O–H groups in total. The van der Waals surface area contributed by atoms with E-state index in [1.165, 1.54) is 18.3 Å². The molecule has 0 radical (unpaired) electrons. The van der Waals surface area contributed by atoms with E-state index < -0.39 is 26.6 Å². The summed E-state index contributed by atoms with van der Waals surface area (Å²) >= 11 is 0. The van der Waals surface area contributed by atoms with Crippen molar-refractivity contribution in [2.45, 2.75) is 11.8 Å². The Morgan fingerprint density at radius 1 is 1.20 bits per heavy atom. The second-order valence-electron chi connectivity index (χ2n) is 4.11. The van der Waals surface area contributed by atoms with Crippen molar-refractivity contribution >= 4 is 21.4 Å². The van der Waals surface area contributed by atoms with Gasteiger partial charge in [0.05, 0.1) is 5.69 Å². The number of nitrogen functional groups attached to an aromatic ring is 1. The second-order valence-corrected chi connectivity index (χ2v) is 5.72. The molecule has 0 amide bonds. The van der Waals surface area contributed by atoms with Gasteiger partial charge >= 0.3 is 0 Å². The van der Waals surface area contributed by atoms with E-state index in [9.17, 15) is 17.2 Å². The maximum atomic E-state index is 13.6. The van der Waals surface area contributed by atoms with Crippen molar-refractivity contribution in [3.8, 4) is 0 Å². The minimum Gasteiger partial charge on any atom is -0.399 e. The maximum Gasteiger partial charge on any atom is 0.267 e. The van der Waals surface area contributed by atoms with E-state index in [1.807, 2.05) is 0 Å². The van der Waals surface area contributed by atoms with Crippen molar-refractivity contribution in [2.24, 2.45) is 0 Å². The number of nitrogens with zero attached hydrogens (tertiary/aromatic N) is 1. The largest absolute Gasteiger partial charge is 0.399 e. The summed E-state index contributed by atoms with van der Waals surface area (Å²) in [6, 6.07) is 4.30. The summed E-state index contributed by atoms with van der Waals surface area (Å²) in [7, 11) is -4.39. The van der Waals surface area contributed by atoms with Gasteiger partial charge in [0, 0.05) is 17.6 Å². The molecular formula is C12H11F2N3O2S. The Balaban J connectivity index is 2.46. The van der Waals surface area contributed by atoms with Crippen LogP contribution in [0.2, 0.25) is 0 Å². The van der Waals surface area contributed by atoms with Crippen LogP contribution in [0.15, 0.2) is 35.4 Å². The highest BCUT2D eigenvalue weighted by Crippen LogP contribution is 2.24. The van der Waals surface area contributed by atoms with E-state index in [-0.39, 0.29) is 11.4 Å². The number of pyridine rings is 1. The number of anilines is 2. The topological polar surface area (TPSA) is 85.1 Å². The van der Waals surface area contributed by atoms with Gasteiger partial charge in [-0.25, -0.2) is 17.2 Å². The lowest BCUT2D eigenvalue weighted by atomic mass is 10.3. The molecule has 0 aliphatic carbocycles. The Hall–Kier alpha value is -2.22. The number of nitrogens with two attached hydrogens (primary N) is 1. The molecular weight excluding hydrogens is 288 g/mol. The maximum absolute atomic E-state index is 13.6. The molecule has 1 heterocycles. The predicted molar refractivity (Wildman–Crippen MR) is 70.6 cm³/mol. The molecule has 0 saturated heterocycles. The zero-order valence-electron chi connectivity index (χ0n) is 10.4. The van der Waals surface area contributed by atoms with Gasteiger partial charge in [-0.05, 0) is 31.2 Å². The zero-order valence-corrected chi connectivity index (χ0v) is 11.2. The zero-order chi connectivity index (χ0) is 14.9. The molecule has 0 unspecified atom stereocenters. The third kappa shape index (κ3) is 2.85. The van der Waals surface area contributed by atoms with Gasteiger partial charge in [-0.1, -0.05) is 0 Å². The lowest BCUT2D eigenvalue weighted by Gasteiger charge is -2.10. The Kier molecular flexibility index (Phi) is 3.58. The van der Waals surface area contributed by atoms with Crippen molar-refractivity contribution in [3.05, 3.63) is 47.8 Å². The molecule has 20 heavy (non-hydrogen) atoms. The number of sulfonamides is 1. The number of aryl methyl sites for hydroxylation is 1. The summed E-state index contributed by atoms with van der Waals surface area (Å²) in [4.78, 5) is 2.82. The summed E-state index contributed by atoms with van der Waals surface area (Å²) in [5.74, 6) is -2.50. The minimum absolute atomic E-state index is 0.160. The van der Waals surface area contributed by atoms with Crippen LogP contribution in [0.1, 0.15) is 5.69 Å². The number of benzene rings is 1. The third-order valence-electron chi connectivity index (χ3n) is 2.44. The molecule has 0 spiro atoms. The number of halogens is 2. The molecule has 0 aliphatic rings. The first-order valence-corrected chi connectivity index (χ1v) is 6.98. The van der Waals surface area contributed by atoms with Crippen LogP contribution in [-0.4, -0.2) is 13.4 Å². The molecule has 0 aliphatic heterocycles. The van der Waals surface area contributed by atoms with Crippen molar-refractivity contribution < 1.29 is 17.2 Å². The van der Waals surface area contributed by atoms with Gasteiger partial charge in [-0.2, -0.15) is 0 Å². The van der Waals surface area contributed by atoms with Crippen LogP contribution in [0.25, 0.3) is 0 Å². The first-order valence-electron chi connectivity index (χ1n) is 5.49. The molecule has 1 aromatic carbocycles. The molecule has 0 atom stereocenters. The fourth-order valence-corrected chi connectivity index (χ4v) is 2.82. The van der Waals surface area contributed by atoms with Crippen LogP contribution >= 0.6 is 0 Å². The average molecular weight is 299 g/mol. The van der Waals surface area contributed by atoms with E-state index in [4.69, 9.17) is 5.73 Å². The summed E-state index contributed by atoms with van der Waals surface area (Å²) in [5, 5.41) is 0. The Morgan fingerprint density at radius 3 is 2.35 bits per heavy atom. The van der Waals surface area contributed by atoms with E-state index in [0.717, 1.165) is 12.1 Å². The molecule has 106 valence electrons. The van der Waals surface area contributed by atoms with Crippen LogP contribution in [-0.2, 0) is 10.0 Å². The van der Waals surface area contributed by atoms with E-state index in [0.29, 0.717) is 5.69 Å². The number of hydrogen-bond donors (Lipinski definition) is 2. The lowest BCUT2D eigenvalue weighted by molar-refractivity contribution is 0.522. The number of rotatable bonds is 3. The fourth-order valence-electron chi connectivity index (χ4n) is 1.65. The minimum atomic E-state index is -4.39. The normalized spacial score (nSPS) is 11.3. The van der Waals surface area contributed by atoms with Crippen LogP contribution in [0.4, 0.5) is 20.2 Å². The molecule has 0 saturated carbocycles. The molecule has 0 bridgehead atoms. The lowest BCUT2D eigenvalue weighted by Crippen LogP contribution is -2.17. The molecule has 2 rings (SSSR count). The standard InChI is InChI=1S/C12H11F2N3O2S/c1-7-4-9(2-3-16-7)17-20(18,19)12-10(13)5-8(15)6-11(12)14/h2-6H,15H2,1H3,(H,16,17). The van der Waals surface area contributed by atoms with Gasteiger partial charge in [0.1, 0.15) is 11.6 Å². The highest BCUT2D eigenvalue weighted by Gasteiger charge is 2.24. The third-order valence-corrected chi connectivity index (χ3v) is 3.87. The molecule has 8 heteroatoms. The Bertz CT molecular complexity index is 740. The Morgan fingerprint density at radius 2 is 1.80 bits per heavy atom. The van der Waals surface area contributed by atoms with Gasteiger partial charge in [-0.15, -0.1) is 0 Å². The van der Waals surface area contributed by atoms with Crippen molar-refractivity contribution in [2.75, 3.05) is 10.5 Å². The van der Waals surface area contributed by atoms with Crippen molar-refractivity contribution in [1.29, 1.82) is 0 Å². The fraction of sp³-hybridized carbons (Fsp3) is 0.0833. The van der Waals surface area contributed by atoms with Crippen molar-refractivity contribution in [1.82, 2.24) is 4.98 Å². The van der Waals surface area contributed by atoms with Crippen LogP contribution in [0.5, 0.6) is 0 Å². The first-order chi connectivity index (χ1) is 9.29. The van der Waals surface area contributed by atoms with Gasteiger partial charge in [0.15, 0.2) is 4.90 Å². The second kappa shape index (κ2) is 5.04. The van der Waals surface area contributed by atoms with Gasteiger partial charge < -0.3 is 5.73 Å². The summed E-state index contributed by atoms with van der Waals surface area (Å²) in [5.41, 5.74) is 5.76. The first kappa shape index (κ1) is 14.2. The highest BCUT2D eigenvalue weighted by atomic mass is 32.2. The molecule has 1 aromatic heterocycles. The monoisotopic (exact) mass is 299 g/mol. The Labute approximate surface area is 114 Å². The van der Waals surface area contributed by atoms with Crippen LogP contribution in [0, 0.1) is 18.6 Å². The number of nitrogens with one attached hydrogen (secondary N) is 1. The van der Waals surface area contributed by atoms with Crippen LogP contribution < -0.4 is 10.5 Å².